The number of rotatable bonds is 10. The topological polar surface area (TPSA) is 97.2 Å². The first-order chi connectivity index (χ1) is 16.2. The van der Waals surface area contributed by atoms with Gasteiger partial charge < -0.3 is 15.0 Å². The van der Waals surface area contributed by atoms with Crippen molar-refractivity contribution in [1.29, 1.82) is 0 Å². The van der Waals surface area contributed by atoms with E-state index in [-0.39, 0.29) is 11.5 Å². The molecule has 0 spiro atoms. The number of carbonyl (C=O) groups is 2. The zero-order valence-electron chi connectivity index (χ0n) is 20.3. The number of nitrogens with one attached hydrogen (secondary N) is 2. The summed E-state index contributed by atoms with van der Waals surface area (Å²) in [5.74, 6) is -0.823. The summed E-state index contributed by atoms with van der Waals surface area (Å²) >= 11 is 1.41. The molecule has 8 nitrogen and oxygen atoms in total. The van der Waals surface area contributed by atoms with Crippen molar-refractivity contribution >= 4 is 38.2 Å². The van der Waals surface area contributed by atoms with Crippen molar-refractivity contribution in [2.45, 2.75) is 51.5 Å². The number of fused-ring (bicyclic) bond motifs is 1. The number of esters is 1. The van der Waals surface area contributed by atoms with Crippen LogP contribution in [0.4, 0.5) is 5.00 Å². The van der Waals surface area contributed by atoms with Gasteiger partial charge in [0.1, 0.15) is 11.5 Å². The van der Waals surface area contributed by atoms with Gasteiger partial charge in [-0.3, -0.25) is 4.79 Å². The van der Waals surface area contributed by atoms with Gasteiger partial charge in [-0.1, -0.05) is 13.8 Å². The van der Waals surface area contributed by atoms with Crippen LogP contribution in [0.25, 0.3) is 0 Å². The second-order valence-corrected chi connectivity index (χ2v) is 11.5. The van der Waals surface area contributed by atoms with Crippen LogP contribution in [0.1, 0.15) is 64.8 Å². The highest BCUT2D eigenvalue weighted by molar-refractivity contribution is 7.89. The average molecular weight is 509 g/mol. The van der Waals surface area contributed by atoms with Crippen LogP contribution < -0.4 is 10.2 Å². The van der Waals surface area contributed by atoms with E-state index in [1.807, 2.05) is 13.8 Å². The van der Waals surface area contributed by atoms with E-state index in [4.69, 9.17) is 4.74 Å². The number of anilines is 1. The maximum absolute atomic E-state index is 13.0. The quantitative estimate of drug-likeness (QED) is 0.481. The number of quaternary nitrogens is 1. The molecular weight excluding hydrogens is 474 g/mol. The van der Waals surface area contributed by atoms with Gasteiger partial charge >= 0.3 is 5.97 Å². The van der Waals surface area contributed by atoms with E-state index in [1.54, 1.807) is 6.92 Å². The first kappa shape index (κ1) is 26.3. The summed E-state index contributed by atoms with van der Waals surface area (Å²) in [5.41, 5.74) is 1.72. The summed E-state index contributed by atoms with van der Waals surface area (Å²) in [4.78, 5) is 28.3. The Bertz CT molecular complexity index is 1120. The SMILES string of the molecule is CCCN(CCC)S(=O)(=O)c1ccc(C(=O)Nc2sc3c(c2C(=O)OCC)CC[NH+](C)C3)cc1. The number of likely N-dealkylation sites (N-methyl/N-ethyl adjacent to an activating group) is 1. The van der Waals surface area contributed by atoms with Crippen LogP contribution in [0.2, 0.25) is 0 Å². The molecule has 0 saturated heterocycles. The van der Waals surface area contributed by atoms with Gasteiger partial charge in [-0.25, -0.2) is 13.2 Å². The fourth-order valence-electron chi connectivity index (χ4n) is 4.08. The summed E-state index contributed by atoms with van der Waals surface area (Å²) in [6.07, 6.45) is 2.20. The second-order valence-electron chi connectivity index (χ2n) is 8.44. The van der Waals surface area contributed by atoms with Crippen LogP contribution in [0.3, 0.4) is 0 Å². The van der Waals surface area contributed by atoms with Crippen molar-refractivity contribution in [1.82, 2.24) is 4.31 Å². The molecule has 10 heteroatoms. The molecule has 0 saturated carbocycles. The largest absolute Gasteiger partial charge is 0.462 e. The van der Waals surface area contributed by atoms with Crippen molar-refractivity contribution in [2.75, 3.05) is 38.6 Å². The molecule has 1 aliphatic rings. The molecule has 1 aromatic carbocycles. The van der Waals surface area contributed by atoms with Crippen LogP contribution in [-0.4, -0.2) is 57.9 Å². The van der Waals surface area contributed by atoms with E-state index in [0.29, 0.717) is 29.2 Å². The van der Waals surface area contributed by atoms with Crippen LogP contribution >= 0.6 is 11.3 Å². The highest BCUT2D eigenvalue weighted by Gasteiger charge is 2.30. The van der Waals surface area contributed by atoms with E-state index in [9.17, 15) is 18.0 Å². The number of carbonyl (C=O) groups excluding carboxylic acids is 2. The Balaban J connectivity index is 1.84. The number of sulfonamides is 1. The Kier molecular flexibility index (Phi) is 8.86. The Labute approximate surface area is 205 Å². The molecule has 2 N–H and O–H groups in total. The van der Waals surface area contributed by atoms with Crippen LogP contribution in [0.15, 0.2) is 29.2 Å². The average Bonchev–Trinajstić information content (AvgIpc) is 3.15. The molecule has 2 aromatic rings. The van der Waals surface area contributed by atoms with Gasteiger partial charge in [-0.15, -0.1) is 11.3 Å². The Morgan fingerprint density at radius 1 is 1.12 bits per heavy atom. The molecule has 3 rings (SSSR count). The Morgan fingerprint density at radius 2 is 1.76 bits per heavy atom. The summed E-state index contributed by atoms with van der Waals surface area (Å²) in [6, 6.07) is 5.95. The zero-order chi connectivity index (χ0) is 24.9. The lowest BCUT2D eigenvalue weighted by Gasteiger charge is -2.21. The number of nitrogens with zero attached hydrogens (tertiary/aromatic N) is 1. The molecule has 2 heterocycles. The van der Waals surface area contributed by atoms with Gasteiger partial charge in [0, 0.05) is 25.1 Å². The number of thiophene rings is 1. The van der Waals surface area contributed by atoms with Crippen molar-refractivity contribution in [3.8, 4) is 0 Å². The summed E-state index contributed by atoms with van der Waals surface area (Å²) in [5, 5.41) is 3.35. The van der Waals surface area contributed by atoms with E-state index in [1.165, 1.54) is 44.8 Å². The molecule has 0 aliphatic carbocycles. The monoisotopic (exact) mass is 508 g/mol. The van der Waals surface area contributed by atoms with Crippen molar-refractivity contribution < 1.29 is 27.6 Å². The third-order valence-electron chi connectivity index (χ3n) is 5.76. The molecular formula is C24H34N3O5S2+. The smallest absolute Gasteiger partial charge is 0.341 e. The zero-order valence-corrected chi connectivity index (χ0v) is 21.9. The first-order valence-electron chi connectivity index (χ1n) is 11.8. The maximum Gasteiger partial charge on any atom is 0.341 e. The van der Waals surface area contributed by atoms with Gasteiger partial charge in [0.2, 0.25) is 10.0 Å². The lowest BCUT2D eigenvalue weighted by Crippen LogP contribution is -3.08. The Morgan fingerprint density at radius 3 is 2.35 bits per heavy atom. The minimum atomic E-state index is -3.62. The number of amides is 1. The van der Waals surface area contributed by atoms with Crippen LogP contribution in [0, 0.1) is 0 Å². The molecule has 34 heavy (non-hydrogen) atoms. The summed E-state index contributed by atoms with van der Waals surface area (Å²) in [6.45, 7) is 8.50. The molecule has 0 fully saturated rings. The highest BCUT2D eigenvalue weighted by atomic mass is 32.2. The van der Waals surface area contributed by atoms with Crippen molar-refractivity contribution in [2.24, 2.45) is 0 Å². The van der Waals surface area contributed by atoms with E-state index >= 15 is 0 Å². The molecule has 0 radical (unpaired) electrons. The number of benzene rings is 1. The summed E-state index contributed by atoms with van der Waals surface area (Å²) < 4.78 is 32.7. The minimum absolute atomic E-state index is 0.163. The molecule has 1 aromatic heterocycles. The maximum atomic E-state index is 13.0. The number of hydrogen-bond acceptors (Lipinski definition) is 6. The van der Waals surface area contributed by atoms with Crippen molar-refractivity contribution in [3.05, 3.63) is 45.8 Å². The second kappa shape index (κ2) is 11.4. The standard InChI is InChI=1S/C24H33N3O5S2/c1-5-13-27(14-6-2)34(30,31)18-10-8-17(9-11-18)22(28)25-23-21(24(29)32-7-3)19-12-15-26(4)16-20(19)33-23/h8-11H,5-7,12-16H2,1-4H3,(H,25,28)/p+1. The molecule has 186 valence electrons. The summed E-state index contributed by atoms with van der Waals surface area (Å²) in [7, 11) is -1.52. The number of ether oxygens (including phenoxy) is 1. The fourth-order valence-corrected chi connectivity index (χ4v) is 7.05. The van der Waals surface area contributed by atoms with Crippen LogP contribution in [0.5, 0.6) is 0 Å². The lowest BCUT2D eigenvalue weighted by atomic mass is 10.0. The van der Waals surface area contributed by atoms with Crippen molar-refractivity contribution in [3.63, 3.8) is 0 Å². The van der Waals surface area contributed by atoms with Gasteiger partial charge in [-0.2, -0.15) is 4.31 Å². The van der Waals surface area contributed by atoms with E-state index in [0.717, 1.165) is 42.8 Å². The molecule has 0 bridgehead atoms. The lowest BCUT2D eigenvalue weighted by molar-refractivity contribution is -0.895. The first-order valence-corrected chi connectivity index (χ1v) is 14.0. The molecule has 1 atom stereocenters. The fraction of sp³-hybridized carbons (Fsp3) is 0.500. The third-order valence-corrected chi connectivity index (χ3v) is 8.82. The molecule has 1 unspecified atom stereocenters. The Hall–Kier alpha value is -2.27. The van der Waals surface area contributed by atoms with Gasteiger partial charge in [0.05, 0.1) is 35.5 Å². The third kappa shape index (κ3) is 5.68. The van der Waals surface area contributed by atoms with E-state index < -0.39 is 21.9 Å². The molecule has 1 amide bonds. The predicted octanol–water partition coefficient (Wildman–Crippen LogP) is 2.56. The van der Waals surface area contributed by atoms with Crippen LogP contribution in [-0.2, 0) is 27.7 Å². The highest BCUT2D eigenvalue weighted by Crippen LogP contribution is 2.35. The normalized spacial score (nSPS) is 15.7. The molecule has 1 aliphatic heterocycles. The van der Waals surface area contributed by atoms with Gasteiger partial charge in [0.25, 0.3) is 5.91 Å². The van der Waals surface area contributed by atoms with Gasteiger partial charge in [0.15, 0.2) is 0 Å². The van der Waals surface area contributed by atoms with Gasteiger partial charge in [-0.05, 0) is 49.6 Å². The van der Waals surface area contributed by atoms with E-state index in [2.05, 4.69) is 12.4 Å². The number of hydrogen-bond donors (Lipinski definition) is 2. The predicted molar refractivity (Wildman–Crippen MR) is 133 cm³/mol. The minimum Gasteiger partial charge on any atom is -0.462 e.